The molecule has 0 amide bonds. The molecule has 0 radical (unpaired) electrons. The Balaban J connectivity index is 1.61. The number of halogens is 3. The van der Waals surface area contributed by atoms with Crippen LogP contribution in [0.3, 0.4) is 0 Å². The number of aliphatic hydroxyl groups excluding tert-OH is 1. The van der Waals surface area contributed by atoms with Crippen LogP contribution in [-0.2, 0) is 6.18 Å². The van der Waals surface area contributed by atoms with E-state index < -0.39 is 17.8 Å². The van der Waals surface area contributed by atoms with Gasteiger partial charge in [-0.05, 0) is 23.6 Å². The van der Waals surface area contributed by atoms with E-state index in [9.17, 15) is 18.3 Å². The molecule has 1 heterocycles. The van der Waals surface area contributed by atoms with Crippen LogP contribution in [-0.4, -0.2) is 29.3 Å². The fraction of sp³-hybridized carbons (Fsp3) is 0.211. The van der Waals surface area contributed by atoms with Crippen LogP contribution in [0, 0.1) is 0 Å². The van der Waals surface area contributed by atoms with E-state index in [4.69, 9.17) is 4.74 Å². The lowest BCUT2D eigenvalue weighted by atomic mass is 10.1. The molecule has 2 aromatic carbocycles. The third kappa shape index (κ3) is 4.23. The van der Waals surface area contributed by atoms with E-state index in [2.05, 4.69) is 10.3 Å². The number of anilines is 1. The minimum Gasteiger partial charge on any atom is -0.490 e. The summed E-state index contributed by atoms with van der Waals surface area (Å²) in [6, 6.07) is 15.4. The van der Waals surface area contributed by atoms with Gasteiger partial charge in [0.2, 0.25) is 0 Å². The molecule has 4 nitrogen and oxygen atoms in total. The fourth-order valence-electron chi connectivity index (χ4n) is 2.56. The molecule has 0 spiro atoms. The SMILES string of the molecule is OC(CNc1ncccc1C(F)(F)F)COc1cccc2ccccc12. The highest BCUT2D eigenvalue weighted by molar-refractivity contribution is 5.88. The summed E-state index contributed by atoms with van der Waals surface area (Å²) in [6.07, 6.45) is -4.26. The summed E-state index contributed by atoms with van der Waals surface area (Å²) in [5, 5.41) is 14.5. The molecule has 1 unspecified atom stereocenters. The van der Waals surface area contributed by atoms with Gasteiger partial charge < -0.3 is 15.2 Å². The summed E-state index contributed by atoms with van der Waals surface area (Å²) in [4.78, 5) is 3.69. The van der Waals surface area contributed by atoms with Crippen molar-refractivity contribution in [2.45, 2.75) is 12.3 Å². The number of alkyl halides is 3. The number of ether oxygens (including phenoxy) is 1. The number of aliphatic hydroxyl groups is 1. The van der Waals surface area contributed by atoms with Crippen molar-refractivity contribution in [3.8, 4) is 5.75 Å². The first-order chi connectivity index (χ1) is 12.4. The van der Waals surface area contributed by atoms with Gasteiger partial charge in [-0.2, -0.15) is 13.2 Å². The van der Waals surface area contributed by atoms with Crippen molar-refractivity contribution in [3.63, 3.8) is 0 Å². The molecule has 136 valence electrons. The van der Waals surface area contributed by atoms with Gasteiger partial charge in [-0.1, -0.05) is 36.4 Å². The van der Waals surface area contributed by atoms with Crippen molar-refractivity contribution < 1.29 is 23.0 Å². The minimum atomic E-state index is -4.51. The molecule has 1 aromatic heterocycles. The number of nitrogens with one attached hydrogen (secondary N) is 1. The maximum absolute atomic E-state index is 12.9. The standard InChI is InChI=1S/C19H17F3N2O2/c20-19(21,22)16-8-4-10-23-18(16)24-11-14(25)12-26-17-9-3-6-13-5-1-2-7-15(13)17/h1-10,14,25H,11-12H2,(H,23,24). The highest BCUT2D eigenvalue weighted by Crippen LogP contribution is 2.33. The minimum absolute atomic E-state index is 0.0603. The predicted molar refractivity (Wildman–Crippen MR) is 93.2 cm³/mol. The van der Waals surface area contributed by atoms with Crippen LogP contribution in [0.2, 0.25) is 0 Å². The predicted octanol–water partition coefficient (Wildman–Crippen LogP) is 4.11. The Morgan fingerprint density at radius 3 is 2.62 bits per heavy atom. The number of nitrogens with zero attached hydrogens (tertiary/aromatic N) is 1. The van der Waals surface area contributed by atoms with Gasteiger partial charge in [0.15, 0.2) is 0 Å². The van der Waals surface area contributed by atoms with E-state index in [1.54, 1.807) is 6.07 Å². The van der Waals surface area contributed by atoms with Crippen LogP contribution < -0.4 is 10.1 Å². The van der Waals surface area contributed by atoms with Crippen molar-refractivity contribution in [1.29, 1.82) is 0 Å². The van der Waals surface area contributed by atoms with E-state index in [1.165, 1.54) is 12.3 Å². The molecular weight excluding hydrogens is 345 g/mol. The Morgan fingerprint density at radius 2 is 1.81 bits per heavy atom. The van der Waals surface area contributed by atoms with E-state index in [0.717, 1.165) is 16.8 Å². The van der Waals surface area contributed by atoms with E-state index in [-0.39, 0.29) is 19.0 Å². The van der Waals surface area contributed by atoms with Crippen molar-refractivity contribution >= 4 is 16.6 Å². The van der Waals surface area contributed by atoms with Gasteiger partial charge in [-0.25, -0.2) is 4.98 Å². The second-order valence-electron chi connectivity index (χ2n) is 5.72. The number of aromatic nitrogens is 1. The fourth-order valence-corrected chi connectivity index (χ4v) is 2.56. The van der Waals surface area contributed by atoms with Crippen LogP contribution in [0.15, 0.2) is 60.8 Å². The number of benzene rings is 2. The highest BCUT2D eigenvalue weighted by Gasteiger charge is 2.34. The molecule has 0 aliphatic rings. The molecule has 0 saturated heterocycles. The zero-order chi connectivity index (χ0) is 18.6. The van der Waals surface area contributed by atoms with Crippen LogP contribution in [0.4, 0.5) is 19.0 Å². The van der Waals surface area contributed by atoms with Gasteiger partial charge >= 0.3 is 6.18 Å². The lowest BCUT2D eigenvalue weighted by Gasteiger charge is -2.17. The first kappa shape index (κ1) is 18.0. The second-order valence-corrected chi connectivity index (χ2v) is 5.72. The largest absolute Gasteiger partial charge is 0.490 e. The molecule has 3 rings (SSSR count). The smallest absolute Gasteiger partial charge is 0.419 e. The summed E-state index contributed by atoms with van der Waals surface area (Å²) in [7, 11) is 0. The zero-order valence-electron chi connectivity index (χ0n) is 13.7. The summed E-state index contributed by atoms with van der Waals surface area (Å²) in [5.74, 6) is 0.292. The van der Waals surface area contributed by atoms with Gasteiger partial charge in [0, 0.05) is 18.1 Å². The van der Waals surface area contributed by atoms with E-state index >= 15 is 0 Å². The van der Waals surface area contributed by atoms with Crippen molar-refractivity contribution in [2.75, 3.05) is 18.5 Å². The second kappa shape index (κ2) is 7.61. The molecule has 3 aromatic rings. The van der Waals surface area contributed by atoms with Crippen LogP contribution in [0.25, 0.3) is 10.8 Å². The van der Waals surface area contributed by atoms with Gasteiger partial charge in [-0.15, -0.1) is 0 Å². The first-order valence-corrected chi connectivity index (χ1v) is 8.00. The molecule has 0 aliphatic heterocycles. The topological polar surface area (TPSA) is 54.4 Å². The van der Waals surface area contributed by atoms with E-state index in [0.29, 0.717) is 5.75 Å². The summed E-state index contributed by atoms with van der Waals surface area (Å²) in [6.45, 7) is -0.181. The molecular formula is C19H17F3N2O2. The molecule has 0 bridgehead atoms. The van der Waals surface area contributed by atoms with Crippen LogP contribution >= 0.6 is 0 Å². The third-order valence-electron chi connectivity index (χ3n) is 3.80. The van der Waals surface area contributed by atoms with Crippen LogP contribution in [0.1, 0.15) is 5.56 Å². The van der Waals surface area contributed by atoms with Gasteiger partial charge in [0.25, 0.3) is 0 Å². The Kier molecular flexibility index (Phi) is 5.27. The van der Waals surface area contributed by atoms with Gasteiger partial charge in [-0.3, -0.25) is 0 Å². The summed E-state index contributed by atoms with van der Waals surface area (Å²) < 4.78 is 44.4. The molecule has 0 fully saturated rings. The average Bonchev–Trinajstić information content (AvgIpc) is 2.64. The maximum Gasteiger partial charge on any atom is 0.419 e. The lowest BCUT2D eigenvalue weighted by Crippen LogP contribution is -2.27. The molecule has 2 N–H and O–H groups in total. The molecule has 0 aliphatic carbocycles. The average molecular weight is 362 g/mol. The monoisotopic (exact) mass is 362 g/mol. The summed E-state index contributed by atoms with van der Waals surface area (Å²) >= 11 is 0. The number of hydrogen-bond acceptors (Lipinski definition) is 4. The number of fused-ring (bicyclic) bond motifs is 1. The van der Waals surface area contributed by atoms with Crippen molar-refractivity contribution in [3.05, 3.63) is 66.4 Å². The quantitative estimate of drug-likeness (QED) is 0.693. The third-order valence-corrected chi connectivity index (χ3v) is 3.80. The maximum atomic E-state index is 12.9. The Labute approximate surface area is 148 Å². The number of pyridine rings is 1. The highest BCUT2D eigenvalue weighted by atomic mass is 19.4. The van der Waals surface area contributed by atoms with Crippen LogP contribution in [0.5, 0.6) is 5.75 Å². The Hall–Kier alpha value is -2.80. The molecule has 1 atom stereocenters. The number of hydrogen-bond donors (Lipinski definition) is 2. The lowest BCUT2D eigenvalue weighted by molar-refractivity contribution is -0.137. The Morgan fingerprint density at radius 1 is 1.04 bits per heavy atom. The molecule has 0 saturated carbocycles. The zero-order valence-corrected chi connectivity index (χ0v) is 13.7. The van der Waals surface area contributed by atoms with Crippen molar-refractivity contribution in [2.24, 2.45) is 0 Å². The first-order valence-electron chi connectivity index (χ1n) is 8.00. The molecule has 26 heavy (non-hydrogen) atoms. The van der Waals surface area contributed by atoms with Gasteiger partial charge in [0.05, 0.1) is 5.56 Å². The van der Waals surface area contributed by atoms with E-state index in [1.807, 2.05) is 36.4 Å². The Bertz CT molecular complexity index is 879. The summed E-state index contributed by atoms with van der Waals surface area (Å²) in [5.41, 5.74) is -0.873. The number of rotatable bonds is 6. The van der Waals surface area contributed by atoms with Crippen molar-refractivity contribution in [1.82, 2.24) is 4.98 Å². The molecule has 7 heteroatoms. The normalized spacial score (nSPS) is 12.8. The van der Waals surface area contributed by atoms with Gasteiger partial charge in [0.1, 0.15) is 24.3 Å².